The minimum atomic E-state index is 0. The molecule has 0 saturated heterocycles. The molecule has 20 heavy (non-hydrogen) atoms. The van der Waals surface area contributed by atoms with Crippen LogP contribution in [-0.4, -0.2) is 0 Å². The molecule has 0 aliphatic carbocycles. The molecule has 0 aromatic heterocycles. The summed E-state index contributed by atoms with van der Waals surface area (Å²) in [6.45, 7) is 16.0. The largest absolute Gasteiger partial charge is 0.358 e. The van der Waals surface area contributed by atoms with E-state index in [1.165, 1.54) is 0 Å². The van der Waals surface area contributed by atoms with E-state index in [-0.39, 0.29) is 108 Å². The molecule has 0 unspecified atom stereocenters. The van der Waals surface area contributed by atoms with Crippen molar-refractivity contribution in [3.05, 3.63) is 55.4 Å². The first kappa shape index (κ1) is 94.4. The average molecular weight is 494 g/mol. The van der Waals surface area contributed by atoms with Crippen molar-refractivity contribution in [1.82, 2.24) is 0 Å². The first-order valence-corrected chi connectivity index (χ1v) is 4.62. The van der Waals surface area contributed by atoms with Crippen LogP contribution in [0, 0.1) is 55.4 Å². The second kappa shape index (κ2) is 214. The van der Waals surface area contributed by atoms with Gasteiger partial charge in [-0.15, -0.1) is 0 Å². The average Bonchev–Trinajstić information content (AvgIpc) is 1.92. The van der Waals surface area contributed by atoms with E-state index in [2.05, 4.69) is 0 Å². The van der Waals surface area contributed by atoms with Gasteiger partial charge in [-0.25, -0.2) is 0 Å². The fourth-order valence-corrected chi connectivity index (χ4v) is 0. The standard InChI is InChI=1S/4C3H7.4CH3.4Zn/c4*1-3-2;;;;;;;;/h4*3H,1-2H3;4*1H3;;;;/q8*-1;;;;. The molecule has 0 amide bonds. The van der Waals surface area contributed by atoms with Crippen LogP contribution in [0.2, 0.25) is 0 Å². The van der Waals surface area contributed by atoms with Crippen molar-refractivity contribution < 1.29 is 77.9 Å². The zero-order valence-corrected chi connectivity index (χ0v) is 29.0. The second-order valence-electron chi connectivity index (χ2n) is 2.31. The van der Waals surface area contributed by atoms with Gasteiger partial charge < -0.3 is 55.4 Å². The van der Waals surface area contributed by atoms with Gasteiger partial charge in [-0.1, -0.05) is 0 Å². The summed E-state index contributed by atoms with van der Waals surface area (Å²) in [4.78, 5) is 0. The minimum absolute atomic E-state index is 0. The molecule has 120 valence electrons. The van der Waals surface area contributed by atoms with Crippen LogP contribution in [0.15, 0.2) is 0 Å². The fourth-order valence-electron chi connectivity index (χ4n) is 0. The molecule has 0 aromatic carbocycles. The van der Waals surface area contributed by atoms with Crippen LogP contribution >= 0.6 is 0 Å². The summed E-state index contributed by atoms with van der Waals surface area (Å²) in [6.07, 6.45) is 8.00. The van der Waals surface area contributed by atoms with Crippen LogP contribution in [0.3, 0.4) is 0 Å². The second-order valence-corrected chi connectivity index (χ2v) is 2.31. The van der Waals surface area contributed by atoms with E-state index in [4.69, 9.17) is 0 Å². The Hall–Kier alpha value is 2.49. The quantitative estimate of drug-likeness (QED) is 0.260. The van der Waals surface area contributed by atoms with Crippen molar-refractivity contribution in [2.45, 2.75) is 55.4 Å². The molecule has 0 bridgehead atoms. The van der Waals surface area contributed by atoms with E-state index in [0.717, 1.165) is 0 Å². The van der Waals surface area contributed by atoms with Crippen molar-refractivity contribution in [2.75, 3.05) is 0 Å². The van der Waals surface area contributed by atoms with Gasteiger partial charge in [0, 0.05) is 77.9 Å². The summed E-state index contributed by atoms with van der Waals surface area (Å²) >= 11 is 0. The summed E-state index contributed by atoms with van der Waals surface area (Å²) in [5.41, 5.74) is 0. The Morgan fingerprint density at radius 1 is 0.300 bits per heavy atom. The maximum atomic E-state index is 2.00. The number of rotatable bonds is 0. The zero-order chi connectivity index (χ0) is 10.8. The molecule has 0 nitrogen and oxygen atoms in total. The van der Waals surface area contributed by atoms with Crippen LogP contribution in [-0.2, 0) is 77.9 Å². The third-order valence-electron chi connectivity index (χ3n) is 0. The van der Waals surface area contributed by atoms with Crippen molar-refractivity contribution in [3.63, 3.8) is 0 Å². The predicted molar refractivity (Wildman–Crippen MR) is 88.2 cm³/mol. The maximum Gasteiger partial charge on any atom is 0 e. The molecule has 0 heterocycles. The first-order chi connectivity index (χ1) is 5.66. The molecule has 0 radical (unpaired) electrons. The molecular weight excluding hydrogens is 454 g/mol. The van der Waals surface area contributed by atoms with Crippen LogP contribution in [0.4, 0.5) is 0 Å². The van der Waals surface area contributed by atoms with E-state index in [0.29, 0.717) is 0 Å². The van der Waals surface area contributed by atoms with Gasteiger partial charge >= 0.3 is 0 Å². The monoisotopic (exact) mass is 488 g/mol. The SMILES string of the molecule is C[CH-]C.C[CH-]C.C[CH-]C.C[CH-]C.[CH3-].[CH3-].[CH3-].[CH3-].[Zn].[Zn].[Zn].[Zn]. The van der Waals surface area contributed by atoms with Crippen molar-refractivity contribution >= 4 is 0 Å². The van der Waals surface area contributed by atoms with Gasteiger partial charge in [-0.3, -0.25) is 0 Å². The Kier molecular flexibility index (Phi) is 1010. The van der Waals surface area contributed by atoms with E-state index >= 15 is 0 Å². The fraction of sp³-hybridized carbons (Fsp3) is 0.500. The molecule has 0 aromatic rings. The van der Waals surface area contributed by atoms with Crippen LogP contribution in [0.5, 0.6) is 0 Å². The Balaban J connectivity index is -0.00000000376. The van der Waals surface area contributed by atoms with Gasteiger partial charge in [-0.05, 0) is 0 Å². The van der Waals surface area contributed by atoms with Gasteiger partial charge in [0.05, 0.1) is 0 Å². The van der Waals surface area contributed by atoms with Crippen LogP contribution in [0.1, 0.15) is 55.4 Å². The van der Waals surface area contributed by atoms with Gasteiger partial charge in [0.25, 0.3) is 0 Å². The molecule has 0 rings (SSSR count). The smallest absolute Gasteiger partial charge is 0 e. The number of hydrogen-bond acceptors (Lipinski definition) is 0. The van der Waals surface area contributed by atoms with Crippen molar-refractivity contribution in [2.24, 2.45) is 0 Å². The molecule has 0 aliphatic heterocycles. The minimum Gasteiger partial charge on any atom is -0.358 e. The normalized spacial score (nSPS) is 3.60. The van der Waals surface area contributed by atoms with Gasteiger partial charge in [0.15, 0.2) is 0 Å². The first-order valence-electron chi connectivity index (χ1n) is 4.62. The van der Waals surface area contributed by atoms with Crippen molar-refractivity contribution in [1.29, 1.82) is 0 Å². The molecule has 0 spiro atoms. The van der Waals surface area contributed by atoms with E-state index in [1.807, 2.05) is 81.1 Å². The molecule has 0 saturated carbocycles. The molecular formula is C16H40Zn4-8. The Morgan fingerprint density at radius 2 is 0.300 bits per heavy atom. The third kappa shape index (κ3) is 1250. The van der Waals surface area contributed by atoms with Gasteiger partial charge in [0.2, 0.25) is 0 Å². The molecule has 0 aliphatic rings. The Morgan fingerprint density at radius 3 is 0.300 bits per heavy atom. The molecule has 4 heteroatoms. The third-order valence-corrected chi connectivity index (χ3v) is 0. The van der Waals surface area contributed by atoms with E-state index < -0.39 is 0 Å². The van der Waals surface area contributed by atoms with Crippen molar-refractivity contribution in [3.8, 4) is 0 Å². The topological polar surface area (TPSA) is 0 Å². The van der Waals surface area contributed by atoms with Crippen LogP contribution < -0.4 is 0 Å². The van der Waals surface area contributed by atoms with Gasteiger partial charge in [0.1, 0.15) is 0 Å². The predicted octanol–water partition coefficient (Wildman–Crippen LogP) is 6.71. The summed E-state index contributed by atoms with van der Waals surface area (Å²) in [5, 5.41) is 0. The molecule has 0 atom stereocenters. The van der Waals surface area contributed by atoms with Crippen LogP contribution in [0.25, 0.3) is 0 Å². The molecule has 0 fully saturated rings. The number of hydrogen-bond donors (Lipinski definition) is 0. The summed E-state index contributed by atoms with van der Waals surface area (Å²) < 4.78 is 0. The van der Waals surface area contributed by atoms with E-state index in [9.17, 15) is 0 Å². The Bertz CT molecular complexity index is 22.4. The Labute approximate surface area is 187 Å². The summed E-state index contributed by atoms with van der Waals surface area (Å²) in [6, 6.07) is 0. The maximum absolute atomic E-state index is 2.00. The van der Waals surface area contributed by atoms with E-state index in [1.54, 1.807) is 0 Å². The van der Waals surface area contributed by atoms with Gasteiger partial charge in [-0.2, -0.15) is 55.4 Å². The summed E-state index contributed by atoms with van der Waals surface area (Å²) in [5.74, 6) is 0. The summed E-state index contributed by atoms with van der Waals surface area (Å²) in [7, 11) is 0. The molecule has 0 N–H and O–H groups in total. The zero-order valence-electron chi connectivity index (χ0n) is 17.1.